The van der Waals surface area contributed by atoms with Crippen molar-refractivity contribution in [3.05, 3.63) is 11.6 Å². The molecule has 78 valence electrons. The SMILES string of the molecule is CC1CCOC1c1nnc(CN)n1C. The van der Waals surface area contributed by atoms with Crippen LogP contribution in [0.5, 0.6) is 0 Å². The lowest BCUT2D eigenvalue weighted by Crippen LogP contribution is -2.12. The van der Waals surface area contributed by atoms with Crippen molar-refractivity contribution < 1.29 is 4.74 Å². The Balaban J connectivity index is 2.27. The molecule has 0 bridgehead atoms. The van der Waals surface area contributed by atoms with E-state index in [1.807, 2.05) is 11.6 Å². The van der Waals surface area contributed by atoms with Crippen molar-refractivity contribution in [1.82, 2.24) is 14.8 Å². The van der Waals surface area contributed by atoms with Gasteiger partial charge in [-0.15, -0.1) is 10.2 Å². The Kier molecular flexibility index (Phi) is 2.52. The summed E-state index contributed by atoms with van der Waals surface area (Å²) >= 11 is 0. The van der Waals surface area contributed by atoms with Crippen molar-refractivity contribution in [2.45, 2.75) is 26.0 Å². The molecular formula is C9H16N4O. The van der Waals surface area contributed by atoms with Gasteiger partial charge in [-0.05, 0) is 12.3 Å². The summed E-state index contributed by atoms with van der Waals surface area (Å²) < 4.78 is 7.56. The number of hydrogen-bond acceptors (Lipinski definition) is 4. The van der Waals surface area contributed by atoms with Gasteiger partial charge >= 0.3 is 0 Å². The minimum atomic E-state index is 0.0906. The molecule has 0 amide bonds. The number of hydrogen-bond donors (Lipinski definition) is 1. The molecule has 0 aliphatic carbocycles. The van der Waals surface area contributed by atoms with Crippen LogP contribution in [0, 0.1) is 5.92 Å². The highest BCUT2D eigenvalue weighted by atomic mass is 16.5. The standard InChI is InChI=1S/C9H16N4O/c1-6-3-4-14-8(6)9-12-11-7(5-10)13(9)2/h6,8H,3-5,10H2,1-2H3. The first kappa shape index (κ1) is 9.61. The van der Waals surface area contributed by atoms with Gasteiger partial charge < -0.3 is 15.0 Å². The Bertz CT molecular complexity index is 323. The largest absolute Gasteiger partial charge is 0.370 e. The zero-order chi connectivity index (χ0) is 10.1. The maximum atomic E-state index is 5.63. The maximum Gasteiger partial charge on any atom is 0.162 e. The summed E-state index contributed by atoms with van der Waals surface area (Å²) in [5, 5.41) is 8.15. The molecule has 2 heterocycles. The van der Waals surface area contributed by atoms with Crippen LogP contribution in [0.15, 0.2) is 0 Å². The van der Waals surface area contributed by atoms with Crippen LogP contribution in [0.2, 0.25) is 0 Å². The molecule has 0 radical (unpaired) electrons. The molecular weight excluding hydrogens is 180 g/mol. The fourth-order valence-corrected chi connectivity index (χ4v) is 1.83. The quantitative estimate of drug-likeness (QED) is 0.742. The summed E-state index contributed by atoms with van der Waals surface area (Å²) in [4.78, 5) is 0. The van der Waals surface area contributed by atoms with Crippen molar-refractivity contribution in [2.24, 2.45) is 18.7 Å². The Hall–Kier alpha value is -0.940. The van der Waals surface area contributed by atoms with Gasteiger partial charge in [0.25, 0.3) is 0 Å². The second kappa shape index (κ2) is 3.67. The van der Waals surface area contributed by atoms with E-state index in [-0.39, 0.29) is 6.10 Å². The molecule has 14 heavy (non-hydrogen) atoms. The second-order valence-electron chi connectivity index (χ2n) is 3.79. The van der Waals surface area contributed by atoms with Gasteiger partial charge in [0, 0.05) is 13.7 Å². The van der Waals surface area contributed by atoms with E-state index < -0.39 is 0 Å². The van der Waals surface area contributed by atoms with Crippen LogP contribution in [0.1, 0.15) is 31.1 Å². The highest BCUT2D eigenvalue weighted by Crippen LogP contribution is 2.32. The van der Waals surface area contributed by atoms with E-state index in [0.29, 0.717) is 12.5 Å². The molecule has 0 spiro atoms. The highest BCUT2D eigenvalue weighted by molar-refractivity contribution is 5.01. The van der Waals surface area contributed by atoms with Crippen molar-refractivity contribution in [1.29, 1.82) is 0 Å². The van der Waals surface area contributed by atoms with Crippen LogP contribution in [0.3, 0.4) is 0 Å². The van der Waals surface area contributed by atoms with E-state index in [0.717, 1.165) is 24.7 Å². The molecule has 5 heteroatoms. The lowest BCUT2D eigenvalue weighted by atomic mass is 10.0. The van der Waals surface area contributed by atoms with Crippen LogP contribution in [-0.2, 0) is 18.3 Å². The van der Waals surface area contributed by atoms with Gasteiger partial charge in [0.1, 0.15) is 11.9 Å². The third kappa shape index (κ3) is 1.42. The van der Waals surface area contributed by atoms with Gasteiger partial charge in [-0.25, -0.2) is 0 Å². The van der Waals surface area contributed by atoms with Crippen molar-refractivity contribution in [2.75, 3.05) is 6.61 Å². The van der Waals surface area contributed by atoms with Crippen molar-refractivity contribution >= 4 is 0 Å². The Morgan fingerprint density at radius 3 is 2.86 bits per heavy atom. The zero-order valence-electron chi connectivity index (χ0n) is 8.60. The van der Waals surface area contributed by atoms with Crippen molar-refractivity contribution in [3.8, 4) is 0 Å². The summed E-state index contributed by atoms with van der Waals surface area (Å²) in [6.45, 7) is 3.41. The van der Waals surface area contributed by atoms with E-state index in [9.17, 15) is 0 Å². The second-order valence-corrected chi connectivity index (χ2v) is 3.79. The lowest BCUT2D eigenvalue weighted by molar-refractivity contribution is 0.0846. The first-order chi connectivity index (χ1) is 6.74. The molecule has 5 nitrogen and oxygen atoms in total. The van der Waals surface area contributed by atoms with Gasteiger partial charge in [0.15, 0.2) is 5.82 Å². The summed E-state index contributed by atoms with van der Waals surface area (Å²) in [5.74, 6) is 2.22. The average molecular weight is 196 g/mol. The average Bonchev–Trinajstić information content (AvgIpc) is 2.72. The number of aromatic nitrogens is 3. The molecule has 0 saturated carbocycles. The van der Waals surface area contributed by atoms with E-state index in [1.54, 1.807) is 0 Å². The number of ether oxygens (including phenoxy) is 1. The lowest BCUT2D eigenvalue weighted by Gasteiger charge is -2.13. The van der Waals surface area contributed by atoms with Crippen molar-refractivity contribution in [3.63, 3.8) is 0 Å². The third-order valence-corrected chi connectivity index (χ3v) is 2.82. The fourth-order valence-electron chi connectivity index (χ4n) is 1.83. The number of nitrogens with zero attached hydrogens (tertiary/aromatic N) is 3. The molecule has 2 rings (SSSR count). The molecule has 1 aromatic rings. The molecule has 1 fully saturated rings. The molecule has 1 aliphatic heterocycles. The minimum absolute atomic E-state index is 0.0906. The Labute approximate surface area is 83.3 Å². The monoisotopic (exact) mass is 196 g/mol. The molecule has 2 atom stereocenters. The molecule has 1 aliphatic rings. The third-order valence-electron chi connectivity index (χ3n) is 2.82. The molecule has 2 unspecified atom stereocenters. The van der Waals surface area contributed by atoms with Gasteiger partial charge in [0.05, 0.1) is 6.54 Å². The Morgan fingerprint density at radius 2 is 2.36 bits per heavy atom. The Morgan fingerprint density at radius 1 is 1.57 bits per heavy atom. The zero-order valence-corrected chi connectivity index (χ0v) is 8.60. The normalized spacial score (nSPS) is 27.1. The predicted molar refractivity (Wildman–Crippen MR) is 51.4 cm³/mol. The van der Waals surface area contributed by atoms with Gasteiger partial charge in [-0.3, -0.25) is 0 Å². The highest BCUT2D eigenvalue weighted by Gasteiger charge is 2.30. The molecule has 1 saturated heterocycles. The predicted octanol–water partition coefficient (Wildman–Crippen LogP) is 0.371. The molecule has 1 aromatic heterocycles. The minimum Gasteiger partial charge on any atom is -0.370 e. The van der Waals surface area contributed by atoms with Crippen LogP contribution < -0.4 is 5.73 Å². The topological polar surface area (TPSA) is 66.0 Å². The summed E-state index contributed by atoms with van der Waals surface area (Å²) in [6.07, 6.45) is 1.18. The number of rotatable bonds is 2. The van der Waals surface area contributed by atoms with E-state index in [2.05, 4.69) is 17.1 Å². The van der Waals surface area contributed by atoms with E-state index in [4.69, 9.17) is 10.5 Å². The summed E-state index contributed by atoms with van der Waals surface area (Å²) in [6, 6.07) is 0. The van der Waals surface area contributed by atoms with Crippen LogP contribution >= 0.6 is 0 Å². The van der Waals surface area contributed by atoms with Crippen LogP contribution in [0.25, 0.3) is 0 Å². The summed E-state index contributed by atoms with van der Waals surface area (Å²) in [7, 11) is 1.94. The van der Waals surface area contributed by atoms with E-state index >= 15 is 0 Å². The van der Waals surface area contributed by atoms with Gasteiger partial charge in [-0.2, -0.15) is 0 Å². The number of nitrogens with two attached hydrogens (primary N) is 1. The van der Waals surface area contributed by atoms with E-state index in [1.165, 1.54) is 0 Å². The van der Waals surface area contributed by atoms with Gasteiger partial charge in [-0.1, -0.05) is 6.92 Å². The summed E-state index contributed by atoms with van der Waals surface area (Å²) in [5.41, 5.74) is 5.53. The smallest absolute Gasteiger partial charge is 0.162 e. The molecule has 0 aromatic carbocycles. The first-order valence-corrected chi connectivity index (χ1v) is 4.94. The van der Waals surface area contributed by atoms with Crippen LogP contribution in [0.4, 0.5) is 0 Å². The van der Waals surface area contributed by atoms with Gasteiger partial charge in [0.2, 0.25) is 0 Å². The maximum absolute atomic E-state index is 5.63. The molecule has 2 N–H and O–H groups in total. The first-order valence-electron chi connectivity index (χ1n) is 4.94. The fraction of sp³-hybridized carbons (Fsp3) is 0.778. The van der Waals surface area contributed by atoms with Crippen LogP contribution in [-0.4, -0.2) is 21.4 Å².